The van der Waals surface area contributed by atoms with E-state index in [1.165, 1.54) is 7.11 Å². The van der Waals surface area contributed by atoms with Crippen LogP contribution in [0.1, 0.15) is 0 Å². The molecule has 4 heteroatoms. The van der Waals surface area contributed by atoms with Crippen molar-refractivity contribution in [2.45, 2.75) is 12.2 Å². The summed E-state index contributed by atoms with van der Waals surface area (Å²) in [6, 6.07) is 0. The zero-order valence-electron chi connectivity index (χ0n) is 5.25. The lowest BCUT2D eigenvalue weighted by Gasteiger charge is -2.15. The molecule has 0 bridgehead atoms. The van der Waals surface area contributed by atoms with Gasteiger partial charge in [0.2, 0.25) is 0 Å². The molecule has 3 nitrogen and oxygen atoms in total. The van der Waals surface area contributed by atoms with E-state index in [0.29, 0.717) is 0 Å². The van der Waals surface area contributed by atoms with Gasteiger partial charge in [0.05, 0.1) is 6.61 Å². The van der Waals surface area contributed by atoms with Crippen molar-refractivity contribution in [3.8, 4) is 0 Å². The van der Waals surface area contributed by atoms with Crippen molar-refractivity contribution in [1.82, 2.24) is 0 Å². The Bertz CT molecular complexity index is 65.2. The van der Waals surface area contributed by atoms with Crippen LogP contribution in [0.25, 0.3) is 0 Å². The molecule has 0 radical (unpaired) electrons. The maximum Gasteiger partial charge on any atom is 0.118 e. The Morgan fingerprint density at radius 1 is 1.67 bits per heavy atom. The van der Waals surface area contributed by atoms with E-state index in [0.717, 1.165) is 0 Å². The Kier molecular flexibility index (Phi) is 4.57. The highest BCUT2D eigenvalue weighted by molar-refractivity contribution is 4.65. The van der Waals surface area contributed by atoms with Gasteiger partial charge in [0.15, 0.2) is 0 Å². The highest BCUT2D eigenvalue weighted by Gasteiger charge is 2.16. The van der Waals surface area contributed by atoms with Gasteiger partial charge >= 0.3 is 0 Å². The fourth-order valence-corrected chi connectivity index (χ4v) is 0.440. The summed E-state index contributed by atoms with van der Waals surface area (Å²) in [5.41, 5.74) is 0. The number of aliphatic hydroxyl groups excluding tert-OH is 2. The molecule has 0 saturated carbocycles. The molecule has 56 valence electrons. The number of aliphatic hydroxyl groups is 2. The zero-order chi connectivity index (χ0) is 7.28. The third-order valence-electron chi connectivity index (χ3n) is 1.07. The predicted octanol–water partition coefficient (Wildman–Crippen LogP) is -0.676. The topological polar surface area (TPSA) is 49.7 Å². The third-order valence-corrected chi connectivity index (χ3v) is 1.07. The van der Waals surface area contributed by atoms with Gasteiger partial charge in [-0.15, -0.1) is 0 Å². The summed E-state index contributed by atoms with van der Waals surface area (Å²) in [4.78, 5) is 0. The molecule has 9 heavy (non-hydrogen) atoms. The highest BCUT2D eigenvalue weighted by Crippen LogP contribution is 1.97. The van der Waals surface area contributed by atoms with Gasteiger partial charge in [-0.1, -0.05) is 0 Å². The van der Waals surface area contributed by atoms with Crippen molar-refractivity contribution in [2.24, 2.45) is 0 Å². The highest BCUT2D eigenvalue weighted by atomic mass is 19.1. The molecule has 0 fully saturated rings. The quantitative estimate of drug-likeness (QED) is 0.541. The number of rotatable bonds is 4. The van der Waals surface area contributed by atoms with Crippen molar-refractivity contribution < 1.29 is 19.3 Å². The normalized spacial score (nSPS) is 17.3. The Hall–Kier alpha value is -0.190. The number of methoxy groups -OCH3 is 1. The molecule has 0 saturated heterocycles. The molecule has 2 N–H and O–H groups in total. The summed E-state index contributed by atoms with van der Waals surface area (Å²) < 4.78 is 16.2. The number of alkyl halides is 1. The van der Waals surface area contributed by atoms with E-state index in [1.54, 1.807) is 0 Å². The lowest BCUT2D eigenvalue weighted by atomic mass is 10.2. The van der Waals surface area contributed by atoms with E-state index in [9.17, 15) is 4.39 Å². The van der Waals surface area contributed by atoms with Crippen LogP contribution in [0.15, 0.2) is 0 Å². The second kappa shape index (κ2) is 4.67. The van der Waals surface area contributed by atoms with Crippen LogP contribution >= 0.6 is 0 Å². The molecule has 0 aromatic rings. The van der Waals surface area contributed by atoms with Crippen molar-refractivity contribution in [3.05, 3.63) is 0 Å². The molecule has 2 atom stereocenters. The molecule has 0 spiro atoms. The Morgan fingerprint density at radius 3 is 2.33 bits per heavy atom. The second-order valence-electron chi connectivity index (χ2n) is 1.68. The number of halogens is 1. The zero-order valence-corrected chi connectivity index (χ0v) is 5.25. The lowest BCUT2D eigenvalue weighted by molar-refractivity contribution is -0.0472. The fourth-order valence-electron chi connectivity index (χ4n) is 0.440. The molecular formula is C5H11FO3. The molecule has 0 aliphatic heterocycles. The van der Waals surface area contributed by atoms with Gasteiger partial charge in [0.25, 0.3) is 0 Å². The van der Waals surface area contributed by atoms with Gasteiger partial charge in [-0.25, -0.2) is 4.39 Å². The van der Waals surface area contributed by atoms with E-state index < -0.39 is 25.5 Å². The number of hydrogen-bond donors (Lipinski definition) is 2. The van der Waals surface area contributed by atoms with Crippen molar-refractivity contribution >= 4 is 0 Å². The predicted molar refractivity (Wildman–Crippen MR) is 29.9 cm³/mol. The SMILES string of the molecule is COC(CF)C(O)CO. The molecule has 0 heterocycles. The van der Waals surface area contributed by atoms with E-state index in [1.807, 2.05) is 0 Å². The van der Waals surface area contributed by atoms with Gasteiger partial charge < -0.3 is 14.9 Å². The van der Waals surface area contributed by atoms with Gasteiger partial charge in [-0.2, -0.15) is 0 Å². The Balaban J connectivity index is 3.50. The summed E-state index contributed by atoms with van der Waals surface area (Å²) in [5, 5.41) is 17.0. The third kappa shape index (κ3) is 2.74. The summed E-state index contributed by atoms with van der Waals surface area (Å²) in [7, 11) is 1.28. The van der Waals surface area contributed by atoms with E-state index >= 15 is 0 Å². The smallest absolute Gasteiger partial charge is 0.118 e. The minimum atomic E-state index is -1.11. The van der Waals surface area contributed by atoms with Crippen molar-refractivity contribution in [2.75, 3.05) is 20.4 Å². The summed E-state index contributed by atoms with van der Waals surface area (Å²) in [6.07, 6.45) is -2.00. The number of ether oxygens (including phenoxy) is 1. The van der Waals surface area contributed by atoms with Crippen LogP contribution in [0.2, 0.25) is 0 Å². The van der Waals surface area contributed by atoms with Crippen LogP contribution < -0.4 is 0 Å². The standard InChI is InChI=1S/C5H11FO3/c1-9-5(2-6)4(8)3-7/h4-5,7-8H,2-3H2,1H3. The first kappa shape index (κ1) is 8.81. The van der Waals surface area contributed by atoms with Crippen LogP contribution in [0.4, 0.5) is 4.39 Å². The van der Waals surface area contributed by atoms with E-state index in [-0.39, 0.29) is 0 Å². The molecule has 0 aliphatic rings. The molecule has 0 aliphatic carbocycles. The molecule has 2 unspecified atom stereocenters. The fraction of sp³-hybridized carbons (Fsp3) is 1.00. The summed E-state index contributed by atoms with van der Waals surface area (Å²) >= 11 is 0. The van der Waals surface area contributed by atoms with E-state index in [2.05, 4.69) is 4.74 Å². The van der Waals surface area contributed by atoms with Gasteiger partial charge in [-0.05, 0) is 0 Å². The Labute approximate surface area is 53.1 Å². The molecular weight excluding hydrogens is 127 g/mol. The maximum absolute atomic E-state index is 11.7. The monoisotopic (exact) mass is 138 g/mol. The lowest BCUT2D eigenvalue weighted by Crippen LogP contribution is -2.32. The van der Waals surface area contributed by atoms with Crippen LogP contribution in [-0.2, 0) is 4.74 Å². The molecule has 0 amide bonds. The van der Waals surface area contributed by atoms with Crippen LogP contribution in [0.3, 0.4) is 0 Å². The maximum atomic E-state index is 11.7. The average molecular weight is 138 g/mol. The minimum absolute atomic E-state index is 0.470. The second-order valence-corrected chi connectivity index (χ2v) is 1.68. The summed E-state index contributed by atoms with van der Waals surface area (Å²) in [5.74, 6) is 0. The van der Waals surface area contributed by atoms with Gasteiger partial charge in [0, 0.05) is 7.11 Å². The molecule has 0 rings (SSSR count). The van der Waals surface area contributed by atoms with Crippen LogP contribution in [-0.4, -0.2) is 42.8 Å². The van der Waals surface area contributed by atoms with Gasteiger partial charge in [0.1, 0.15) is 18.9 Å². The molecule has 0 aromatic heterocycles. The first-order valence-corrected chi connectivity index (χ1v) is 2.64. The first-order chi connectivity index (χ1) is 4.26. The van der Waals surface area contributed by atoms with Gasteiger partial charge in [-0.3, -0.25) is 0 Å². The van der Waals surface area contributed by atoms with Crippen LogP contribution in [0, 0.1) is 0 Å². The van der Waals surface area contributed by atoms with Crippen molar-refractivity contribution in [3.63, 3.8) is 0 Å². The number of hydrogen-bond acceptors (Lipinski definition) is 3. The van der Waals surface area contributed by atoms with Crippen molar-refractivity contribution in [1.29, 1.82) is 0 Å². The largest absolute Gasteiger partial charge is 0.394 e. The molecule has 0 aromatic carbocycles. The Morgan fingerprint density at radius 2 is 2.22 bits per heavy atom. The minimum Gasteiger partial charge on any atom is -0.394 e. The van der Waals surface area contributed by atoms with Crippen LogP contribution in [0.5, 0.6) is 0 Å². The summed E-state index contributed by atoms with van der Waals surface area (Å²) in [6.45, 7) is -1.25. The average Bonchev–Trinajstić information content (AvgIpc) is 1.90. The van der Waals surface area contributed by atoms with E-state index in [4.69, 9.17) is 10.2 Å². The first-order valence-electron chi connectivity index (χ1n) is 2.64.